The van der Waals surface area contributed by atoms with Crippen molar-refractivity contribution < 1.29 is 19.5 Å². The molecule has 1 N–H and O–H groups in total. The van der Waals surface area contributed by atoms with Crippen LogP contribution in [0.2, 0.25) is 0 Å². The molecule has 0 saturated heterocycles. The lowest BCUT2D eigenvalue weighted by atomic mass is 9.89. The van der Waals surface area contributed by atoms with Gasteiger partial charge in [-0.3, -0.25) is 9.59 Å². The predicted molar refractivity (Wildman–Crippen MR) is 72.6 cm³/mol. The minimum Gasteiger partial charge on any atom is -0.475 e. The fourth-order valence-corrected chi connectivity index (χ4v) is 2.79. The summed E-state index contributed by atoms with van der Waals surface area (Å²) in [6.07, 6.45) is 7.33. The highest BCUT2D eigenvalue weighted by atomic mass is 16.4. The highest BCUT2D eigenvalue weighted by Gasteiger charge is 2.21. The molecule has 1 heterocycles. The average molecular weight is 277 g/mol. The van der Waals surface area contributed by atoms with Gasteiger partial charge in [0.25, 0.3) is 0 Å². The third-order valence-corrected chi connectivity index (χ3v) is 3.85. The second-order valence-electron chi connectivity index (χ2n) is 5.38. The molecule has 0 aromatic carbocycles. The van der Waals surface area contributed by atoms with Crippen molar-refractivity contribution >= 4 is 17.5 Å². The molecule has 0 atom stereocenters. The Labute approximate surface area is 117 Å². The van der Waals surface area contributed by atoms with E-state index in [1.807, 2.05) is 10.8 Å². The second-order valence-corrected chi connectivity index (χ2v) is 5.38. The van der Waals surface area contributed by atoms with Crippen LogP contribution >= 0.6 is 0 Å². The van der Waals surface area contributed by atoms with Crippen molar-refractivity contribution in [3.05, 3.63) is 24.0 Å². The zero-order chi connectivity index (χ0) is 14.5. The van der Waals surface area contributed by atoms with E-state index >= 15 is 0 Å². The molecule has 0 amide bonds. The van der Waals surface area contributed by atoms with E-state index in [1.165, 1.54) is 32.1 Å². The third kappa shape index (κ3) is 3.56. The Morgan fingerprint density at radius 1 is 1.20 bits per heavy atom. The Morgan fingerprint density at radius 2 is 1.90 bits per heavy atom. The van der Waals surface area contributed by atoms with Gasteiger partial charge in [-0.1, -0.05) is 19.3 Å². The number of carbonyl (C=O) groups is 3. The van der Waals surface area contributed by atoms with Crippen molar-refractivity contribution in [2.75, 3.05) is 0 Å². The molecule has 108 valence electrons. The number of carbonyl (C=O) groups excluding carboxylic acids is 2. The maximum atomic E-state index is 12.0. The first-order chi connectivity index (χ1) is 9.58. The molecule has 1 aromatic heterocycles. The van der Waals surface area contributed by atoms with Gasteiger partial charge in [0.05, 0.1) is 12.1 Å². The topological polar surface area (TPSA) is 76.4 Å². The number of Topliss-reactive ketones (excluding diaryl/α,β-unsaturated/α-hetero) is 2. The number of aliphatic carboxylic acids is 1. The third-order valence-electron chi connectivity index (χ3n) is 3.85. The highest BCUT2D eigenvalue weighted by Crippen LogP contribution is 2.25. The zero-order valence-corrected chi connectivity index (χ0v) is 11.4. The van der Waals surface area contributed by atoms with Crippen molar-refractivity contribution in [2.45, 2.75) is 45.1 Å². The molecule has 1 fully saturated rings. The second kappa shape index (κ2) is 6.50. The van der Waals surface area contributed by atoms with Crippen molar-refractivity contribution in [2.24, 2.45) is 5.92 Å². The first-order valence-corrected chi connectivity index (χ1v) is 7.02. The number of carboxylic acid groups (broad SMARTS) is 1. The van der Waals surface area contributed by atoms with Crippen LogP contribution in [-0.2, 0) is 16.1 Å². The first kappa shape index (κ1) is 14.5. The van der Waals surface area contributed by atoms with Crippen molar-refractivity contribution in [3.63, 3.8) is 0 Å². The Kier molecular flexibility index (Phi) is 4.71. The summed E-state index contributed by atoms with van der Waals surface area (Å²) in [6.45, 7) is 0.773. The summed E-state index contributed by atoms with van der Waals surface area (Å²) in [7, 11) is 0. The molecule has 0 radical (unpaired) electrons. The molecule has 5 nitrogen and oxygen atoms in total. The normalized spacial score (nSPS) is 16.0. The van der Waals surface area contributed by atoms with Gasteiger partial charge in [0.15, 0.2) is 5.78 Å². The number of ketones is 2. The summed E-state index contributed by atoms with van der Waals surface area (Å²) in [5.74, 6) is -2.46. The van der Waals surface area contributed by atoms with Gasteiger partial charge in [-0.2, -0.15) is 0 Å². The Hall–Kier alpha value is -1.91. The van der Waals surface area contributed by atoms with E-state index in [0.29, 0.717) is 11.6 Å². The van der Waals surface area contributed by atoms with E-state index in [2.05, 4.69) is 0 Å². The first-order valence-electron chi connectivity index (χ1n) is 7.02. The zero-order valence-electron chi connectivity index (χ0n) is 11.4. The Balaban J connectivity index is 2.02. The maximum absolute atomic E-state index is 12.0. The van der Waals surface area contributed by atoms with Gasteiger partial charge in [0.2, 0.25) is 5.78 Å². The van der Waals surface area contributed by atoms with E-state index in [0.717, 1.165) is 6.54 Å². The summed E-state index contributed by atoms with van der Waals surface area (Å²) in [5, 5.41) is 8.55. The average Bonchev–Trinajstić information content (AvgIpc) is 2.88. The number of carboxylic acids is 1. The summed E-state index contributed by atoms with van der Waals surface area (Å²) in [4.78, 5) is 33.6. The fourth-order valence-electron chi connectivity index (χ4n) is 2.79. The molecule has 0 spiro atoms. The molecule has 0 bridgehead atoms. The van der Waals surface area contributed by atoms with E-state index in [4.69, 9.17) is 5.11 Å². The summed E-state index contributed by atoms with van der Waals surface area (Å²) in [6, 6.07) is 3.42. The van der Waals surface area contributed by atoms with Gasteiger partial charge < -0.3 is 9.67 Å². The van der Waals surface area contributed by atoms with Crippen molar-refractivity contribution in [3.8, 4) is 0 Å². The lowest BCUT2D eigenvalue weighted by Crippen LogP contribution is -2.21. The number of aromatic nitrogens is 1. The molecule has 1 aliphatic rings. The highest BCUT2D eigenvalue weighted by molar-refractivity contribution is 6.37. The minimum absolute atomic E-state index is 0.418. The molecule has 2 rings (SSSR count). The molecule has 5 heteroatoms. The van der Waals surface area contributed by atoms with E-state index in [1.54, 1.807) is 12.1 Å². The fraction of sp³-hybridized carbons (Fsp3) is 0.533. The maximum Gasteiger partial charge on any atom is 0.372 e. The minimum atomic E-state index is -1.55. The predicted octanol–water partition coefficient (Wildman–Crippen LogP) is 2.29. The molecule has 1 saturated carbocycles. The molecule has 1 aliphatic carbocycles. The van der Waals surface area contributed by atoms with Crippen LogP contribution in [-0.4, -0.2) is 27.2 Å². The number of rotatable bonds is 6. The van der Waals surface area contributed by atoms with Crippen molar-refractivity contribution in [1.82, 2.24) is 4.57 Å². The quantitative estimate of drug-likeness (QED) is 0.491. The lowest BCUT2D eigenvalue weighted by Gasteiger charge is -2.22. The van der Waals surface area contributed by atoms with Crippen LogP contribution in [0.4, 0.5) is 0 Å². The van der Waals surface area contributed by atoms with Gasteiger partial charge in [-0.15, -0.1) is 0 Å². The molecular formula is C15H19NO4. The molecule has 1 aromatic rings. The van der Waals surface area contributed by atoms with Gasteiger partial charge in [-0.05, 0) is 30.9 Å². The Morgan fingerprint density at radius 3 is 2.55 bits per heavy atom. The van der Waals surface area contributed by atoms with Crippen LogP contribution in [0.25, 0.3) is 0 Å². The van der Waals surface area contributed by atoms with Crippen LogP contribution in [0, 0.1) is 5.92 Å². The van der Waals surface area contributed by atoms with Gasteiger partial charge in [0.1, 0.15) is 0 Å². The van der Waals surface area contributed by atoms with Gasteiger partial charge >= 0.3 is 5.97 Å². The van der Waals surface area contributed by atoms with Crippen LogP contribution < -0.4 is 0 Å². The largest absolute Gasteiger partial charge is 0.475 e. The summed E-state index contributed by atoms with van der Waals surface area (Å²) < 4.78 is 1.85. The monoisotopic (exact) mass is 277 g/mol. The molecule has 20 heavy (non-hydrogen) atoms. The summed E-state index contributed by atoms with van der Waals surface area (Å²) >= 11 is 0. The molecule has 0 unspecified atom stereocenters. The standard InChI is InChI=1S/C15H19NO4/c17-13(9-14(18)15(19)20)12-7-4-8-16(12)10-11-5-2-1-3-6-11/h4,7-8,11H,1-3,5-6,9-10H2,(H,19,20). The van der Waals surface area contributed by atoms with E-state index in [9.17, 15) is 14.4 Å². The summed E-state index contributed by atoms with van der Waals surface area (Å²) in [5.41, 5.74) is 0.435. The van der Waals surface area contributed by atoms with Crippen LogP contribution in [0.3, 0.4) is 0 Å². The van der Waals surface area contributed by atoms with Gasteiger partial charge in [0, 0.05) is 12.7 Å². The van der Waals surface area contributed by atoms with E-state index < -0.39 is 24.0 Å². The molecule has 0 aliphatic heterocycles. The number of hydrogen-bond acceptors (Lipinski definition) is 3. The lowest BCUT2D eigenvalue weighted by molar-refractivity contribution is -0.148. The van der Waals surface area contributed by atoms with Crippen LogP contribution in [0.5, 0.6) is 0 Å². The van der Waals surface area contributed by atoms with Gasteiger partial charge in [-0.25, -0.2) is 4.79 Å². The molecular weight excluding hydrogens is 258 g/mol. The Bertz CT molecular complexity index is 512. The number of nitrogens with zero attached hydrogens (tertiary/aromatic N) is 1. The number of hydrogen-bond donors (Lipinski definition) is 1. The van der Waals surface area contributed by atoms with Crippen LogP contribution in [0.15, 0.2) is 18.3 Å². The van der Waals surface area contributed by atoms with Crippen molar-refractivity contribution in [1.29, 1.82) is 0 Å². The van der Waals surface area contributed by atoms with Crippen LogP contribution in [0.1, 0.15) is 49.0 Å². The smallest absolute Gasteiger partial charge is 0.372 e. The SMILES string of the molecule is O=C(O)C(=O)CC(=O)c1cccn1CC1CCCCC1. The van der Waals surface area contributed by atoms with E-state index in [-0.39, 0.29) is 0 Å².